The van der Waals surface area contributed by atoms with Gasteiger partial charge in [0, 0.05) is 5.38 Å². The van der Waals surface area contributed by atoms with Gasteiger partial charge in [0.2, 0.25) is 0 Å². The average Bonchev–Trinajstić information content (AvgIpc) is 2.77. The molecule has 100 valence electrons. The van der Waals surface area contributed by atoms with E-state index in [4.69, 9.17) is 0 Å². The highest BCUT2D eigenvalue weighted by molar-refractivity contribution is 7.12. The van der Waals surface area contributed by atoms with Crippen LogP contribution in [0.2, 0.25) is 0 Å². The quantitative estimate of drug-likeness (QED) is 0.578. The van der Waals surface area contributed by atoms with E-state index in [9.17, 15) is 0 Å². The van der Waals surface area contributed by atoms with Gasteiger partial charge in [-0.1, -0.05) is 19.4 Å². The Morgan fingerprint density at radius 3 is 2.58 bits per heavy atom. The van der Waals surface area contributed by atoms with E-state index < -0.39 is 0 Å². The van der Waals surface area contributed by atoms with Crippen molar-refractivity contribution in [1.29, 1.82) is 0 Å². The van der Waals surface area contributed by atoms with Gasteiger partial charge in [0.1, 0.15) is 11.9 Å². The van der Waals surface area contributed by atoms with Crippen molar-refractivity contribution >= 4 is 22.2 Å². The number of azo groups is 1. The summed E-state index contributed by atoms with van der Waals surface area (Å²) in [5, 5.41) is 11.7. The maximum atomic E-state index is 4.41. The van der Waals surface area contributed by atoms with Crippen molar-refractivity contribution in [2.24, 2.45) is 17.3 Å². The molecular weight excluding hydrogens is 254 g/mol. The maximum absolute atomic E-state index is 4.41. The van der Waals surface area contributed by atoms with Gasteiger partial charge >= 0.3 is 5.13 Å². The summed E-state index contributed by atoms with van der Waals surface area (Å²) in [6.07, 6.45) is 4.24. The van der Waals surface area contributed by atoms with Gasteiger partial charge in [-0.15, -0.1) is 0 Å². The predicted molar refractivity (Wildman–Crippen MR) is 79.6 cm³/mol. The smallest absolute Gasteiger partial charge is 0.222 e. The van der Waals surface area contributed by atoms with Gasteiger partial charge in [-0.3, -0.25) is 0 Å². The number of hydrogen-bond donors (Lipinski definition) is 0. The summed E-state index contributed by atoms with van der Waals surface area (Å²) in [7, 11) is 1.98. The minimum absolute atomic E-state index is 0.914. The number of rotatable bonds is 4. The molecule has 19 heavy (non-hydrogen) atoms. The number of nitrogens with zero attached hydrogens (tertiary/aromatic N) is 3. The Labute approximate surface area is 118 Å². The fraction of sp³-hybridized carbons (Fsp3) is 0.400. The number of benzene rings is 1. The molecule has 1 heterocycles. The fourth-order valence-corrected chi connectivity index (χ4v) is 2.73. The largest absolute Gasteiger partial charge is 0.408 e. The van der Waals surface area contributed by atoms with Crippen LogP contribution >= 0.6 is 11.3 Å². The van der Waals surface area contributed by atoms with Crippen LogP contribution < -0.4 is 4.57 Å². The van der Waals surface area contributed by atoms with Gasteiger partial charge < -0.3 is 0 Å². The zero-order chi connectivity index (χ0) is 13.8. The molecule has 1 aromatic carbocycles. The van der Waals surface area contributed by atoms with E-state index in [1.165, 1.54) is 16.7 Å². The van der Waals surface area contributed by atoms with Gasteiger partial charge in [0.05, 0.1) is 12.2 Å². The molecule has 3 nitrogen and oxygen atoms in total. The van der Waals surface area contributed by atoms with Crippen molar-refractivity contribution < 1.29 is 4.57 Å². The predicted octanol–water partition coefficient (Wildman–Crippen LogP) is 4.56. The normalized spacial score (nSPS) is 11.4. The van der Waals surface area contributed by atoms with Crippen LogP contribution in [0.15, 0.2) is 33.9 Å². The van der Waals surface area contributed by atoms with Crippen molar-refractivity contribution in [3.05, 3.63) is 40.4 Å². The maximum Gasteiger partial charge on any atom is 0.408 e. The molecule has 0 amide bonds. The van der Waals surface area contributed by atoms with Gasteiger partial charge in [-0.05, 0) is 59.5 Å². The molecule has 1 aromatic heterocycles. The van der Waals surface area contributed by atoms with E-state index in [1.54, 1.807) is 11.3 Å². The molecule has 2 aromatic rings. The zero-order valence-electron chi connectivity index (χ0n) is 12.0. The molecule has 0 fully saturated rings. The summed E-state index contributed by atoms with van der Waals surface area (Å²) in [6, 6.07) is 4.37. The van der Waals surface area contributed by atoms with Gasteiger partial charge in [0.15, 0.2) is 0 Å². The third-order valence-corrected chi connectivity index (χ3v) is 4.02. The zero-order valence-corrected chi connectivity index (χ0v) is 12.8. The topological polar surface area (TPSA) is 28.6 Å². The van der Waals surface area contributed by atoms with E-state index in [-0.39, 0.29) is 0 Å². The van der Waals surface area contributed by atoms with Gasteiger partial charge in [0.25, 0.3) is 0 Å². The first-order chi connectivity index (χ1) is 9.11. The van der Waals surface area contributed by atoms with Crippen molar-refractivity contribution in [2.75, 3.05) is 0 Å². The highest BCUT2D eigenvalue weighted by Crippen LogP contribution is 2.26. The number of thiazole rings is 1. The lowest BCUT2D eigenvalue weighted by molar-refractivity contribution is -0.654. The Kier molecular flexibility index (Phi) is 4.43. The molecule has 0 aliphatic heterocycles. The van der Waals surface area contributed by atoms with Crippen LogP contribution in [0.25, 0.3) is 0 Å². The van der Waals surface area contributed by atoms with Crippen LogP contribution in [0.1, 0.15) is 30.0 Å². The summed E-state index contributed by atoms with van der Waals surface area (Å²) in [5.41, 5.74) is 4.88. The minimum atomic E-state index is 0.914. The van der Waals surface area contributed by atoms with Crippen molar-refractivity contribution in [3.63, 3.8) is 0 Å². The Bertz CT molecular complexity index is 599. The van der Waals surface area contributed by atoms with Gasteiger partial charge in [-0.2, -0.15) is 0 Å². The lowest BCUT2D eigenvalue weighted by atomic mass is 10.0. The number of hydrogen-bond acceptors (Lipinski definition) is 3. The van der Waals surface area contributed by atoms with E-state index in [0.29, 0.717) is 0 Å². The molecule has 0 saturated carbocycles. The highest BCUT2D eigenvalue weighted by Gasteiger charge is 2.09. The van der Waals surface area contributed by atoms with Crippen LogP contribution in [-0.4, -0.2) is 0 Å². The third-order valence-electron chi connectivity index (χ3n) is 3.18. The molecule has 0 aliphatic carbocycles. The van der Waals surface area contributed by atoms with Crippen LogP contribution in [-0.2, 0) is 13.5 Å². The summed E-state index contributed by atoms with van der Waals surface area (Å²) in [4.78, 5) is 0. The average molecular weight is 274 g/mol. The van der Waals surface area contributed by atoms with Crippen LogP contribution in [0.3, 0.4) is 0 Å². The molecule has 0 unspecified atom stereocenters. The first-order valence-electron chi connectivity index (χ1n) is 6.56. The van der Waals surface area contributed by atoms with Crippen molar-refractivity contribution in [3.8, 4) is 0 Å². The second kappa shape index (κ2) is 6.06. The Morgan fingerprint density at radius 1 is 1.16 bits per heavy atom. The summed E-state index contributed by atoms with van der Waals surface area (Å²) < 4.78 is 1.98. The van der Waals surface area contributed by atoms with Crippen LogP contribution in [0.5, 0.6) is 0 Å². The van der Waals surface area contributed by atoms with E-state index in [2.05, 4.69) is 43.1 Å². The third kappa shape index (κ3) is 3.26. The molecule has 0 N–H and O–H groups in total. The Morgan fingerprint density at radius 2 is 1.95 bits per heavy atom. The lowest BCUT2D eigenvalue weighted by Gasteiger charge is -2.06. The molecule has 0 spiro atoms. The monoisotopic (exact) mass is 274 g/mol. The standard InChI is InChI=1S/C15H20N3S/c1-5-6-13-10-14(12(3)9-11(13)2)16-17-15-18(4)7-8-19-15/h7-10H,5-6H2,1-4H3/q+1. The van der Waals surface area contributed by atoms with Crippen molar-refractivity contribution in [1.82, 2.24) is 0 Å². The number of aromatic nitrogens is 1. The molecule has 4 heteroatoms. The van der Waals surface area contributed by atoms with Crippen molar-refractivity contribution in [2.45, 2.75) is 33.6 Å². The molecule has 0 saturated heterocycles. The van der Waals surface area contributed by atoms with Crippen LogP contribution in [0, 0.1) is 13.8 Å². The summed E-state index contributed by atoms with van der Waals surface area (Å²) >= 11 is 1.59. The second-order valence-electron chi connectivity index (χ2n) is 4.81. The van der Waals surface area contributed by atoms with E-state index in [1.807, 2.05) is 23.2 Å². The second-order valence-corrected chi connectivity index (χ2v) is 5.68. The fourth-order valence-electron chi connectivity index (χ4n) is 2.05. The molecule has 2 rings (SSSR count). The first-order valence-corrected chi connectivity index (χ1v) is 7.44. The Hall–Kier alpha value is -1.55. The Balaban J connectivity index is 2.32. The number of aryl methyl sites for hydroxylation is 4. The molecule has 0 radical (unpaired) electrons. The molecular formula is C15H20N3S+. The highest BCUT2D eigenvalue weighted by atomic mass is 32.1. The summed E-state index contributed by atoms with van der Waals surface area (Å²) in [6.45, 7) is 6.45. The minimum Gasteiger partial charge on any atom is -0.222 e. The van der Waals surface area contributed by atoms with Gasteiger partial charge in [-0.25, -0.2) is 4.57 Å². The SMILES string of the molecule is CCCc1cc(N=Nc2scc[n+]2C)c(C)cc1C. The molecule has 0 aliphatic rings. The van der Waals surface area contributed by atoms with E-state index in [0.717, 1.165) is 23.7 Å². The van der Waals surface area contributed by atoms with Crippen LogP contribution in [0.4, 0.5) is 10.8 Å². The first kappa shape index (κ1) is 13.9. The lowest BCUT2D eigenvalue weighted by Crippen LogP contribution is -2.23. The summed E-state index contributed by atoms with van der Waals surface area (Å²) in [5.74, 6) is 0. The van der Waals surface area contributed by atoms with E-state index >= 15 is 0 Å². The molecule has 0 bridgehead atoms. The molecule has 0 atom stereocenters.